The second-order valence-electron chi connectivity index (χ2n) is 6.34. The monoisotopic (exact) mass is 534 g/mol. The Morgan fingerprint density at radius 2 is 1.85 bits per heavy atom. The van der Waals surface area contributed by atoms with Crippen LogP contribution in [0.3, 0.4) is 0 Å². The molecule has 3 rings (SSSR count). The SMILES string of the molecule is Nc1ncnc2c1ncn2[C@@H]1O[C@H](COP(=O)(O)OP(=O)(O)OP(=O)(O)O)[C@@H](O)[C@@H]1NC=O. The lowest BCUT2D eigenvalue weighted by atomic mass is 10.1. The molecule has 184 valence electrons. The highest BCUT2D eigenvalue weighted by Crippen LogP contribution is 2.66. The van der Waals surface area contributed by atoms with Gasteiger partial charge in [-0.2, -0.15) is 8.62 Å². The molecule has 1 aliphatic heterocycles. The number of nitrogen functional groups attached to an aromatic ring is 1. The summed E-state index contributed by atoms with van der Waals surface area (Å²) in [6.45, 7) is -0.942. The highest BCUT2D eigenvalue weighted by atomic mass is 31.3. The molecule has 0 aromatic carbocycles. The molecule has 8 N–H and O–H groups in total. The maximum atomic E-state index is 11.9. The molecular formula is C11H17N6O13P3. The van der Waals surface area contributed by atoms with E-state index in [2.05, 4.69) is 33.4 Å². The summed E-state index contributed by atoms with van der Waals surface area (Å²) >= 11 is 0. The van der Waals surface area contributed by atoms with Gasteiger partial charge in [0.1, 0.15) is 30.1 Å². The first-order valence-electron chi connectivity index (χ1n) is 8.47. The summed E-state index contributed by atoms with van der Waals surface area (Å²) in [7, 11) is -16.7. The molecule has 33 heavy (non-hydrogen) atoms. The Morgan fingerprint density at radius 1 is 1.15 bits per heavy atom. The summed E-state index contributed by atoms with van der Waals surface area (Å²) in [6, 6.07) is -1.15. The molecule has 1 amide bonds. The smallest absolute Gasteiger partial charge is 0.388 e. The zero-order valence-electron chi connectivity index (χ0n) is 16.0. The number of amides is 1. The zero-order chi connectivity index (χ0) is 24.6. The Balaban J connectivity index is 1.76. The van der Waals surface area contributed by atoms with Crippen LogP contribution in [-0.4, -0.2) is 75.5 Å². The number of hydrogen-bond donors (Lipinski definition) is 7. The lowest BCUT2D eigenvalue weighted by Crippen LogP contribution is -2.43. The standard InChI is InChI=1S/C11H17N6O13P3/c12-9-7-10(14-2-13-9)17(3-15-7)11-6(16-4-18)8(19)5(28-11)1-27-32(23,24)30-33(25,26)29-31(20,21)22/h2-6,8,11,19H,1H2,(H,16,18)(H,23,24)(H,25,26)(H2,12,13,14)(H2,20,21,22)/t5-,6+,8-,11-/m1/s1. The van der Waals surface area contributed by atoms with Gasteiger partial charge in [-0.3, -0.25) is 13.9 Å². The predicted molar refractivity (Wildman–Crippen MR) is 102 cm³/mol. The maximum absolute atomic E-state index is 11.9. The summed E-state index contributed by atoms with van der Waals surface area (Å²) < 4.78 is 52.5. The molecule has 6 atom stereocenters. The van der Waals surface area contributed by atoms with Crippen LogP contribution < -0.4 is 11.1 Å². The van der Waals surface area contributed by atoms with E-state index in [0.717, 1.165) is 6.33 Å². The number of rotatable bonds is 10. The number of aliphatic hydroxyl groups is 1. The van der Waals surface area contributed by atoms with E-state index in [1.807, 2.05) is 0 Å². The molecule has 2 aromatic heterocycles. The molecular weight excluding hydrogens is 517 g/mol. The van der Waals surface area contributed by atoms with Crippen molar-refractivity contribution in [2.45, 2.75) is 24.5 Å². The molecule has 19 nitrogen and oxygen atoms in total. The van der Waals surface area contributed by atoms with E-state index >= 15 is 0 Å². The third kappa shape index (κ3) is 6.19. The molecule has 22 heteroatoms. The Bertz CT molecular complexity index is 1170. The lowest BCUT2D eigenvalue weighted by Gasteiger charge is -2.20. The number of carbonyl (C=O) groups excluding carboxylic acids is 1. The predicted octanol–water partition coefficient (Wildman–Crippen LogP) is -1.88. The van der Waals surface area contributed by atoms with E-state index < -0.39 is 54.6 Å². The molecule has 1 saturated heterocycles. The van der Waals surface area contributed by atoms with Gasteiger partial charge in [-0.15, -0.1) is 0 Å². The summed E-state index contributed by atoms with van der Waals surface area (Å²) in [5.41, 5.74) is 6.08. The van der Waals surface area contributed by atoms with E-state index in [0.29, 0.717) is 0 Å². The fourth-order valence-corrected chi connectivity index (χ4v) is 5.94. The quantitative estimate of drug-likeness (QED) is 0.130. The van der Waals surface area contributed by atoms with E-state index in [4.69, 9.17) is 20.3 Å². The van der Waals surface area contributed by atoms with Gasteiger partial charge in [-0.1, -0.05) is 0 Å². The number of imidazole rings is 1. The topological polar surface area (TPSA) is 288 Å². The number of fused-ring (bicyclic) bond motifs is 1. The highest BCUT2D eigenvalue weighted by molar-refractivity contribution is 7.66. The minimum atomic E-state index is -5.72. The first-order valence-corrected chi connectivity index (χ1v) is 13.0. The Kier molecular flexibility index (Phi) is 7.36. The summed E-state index contributed by atoms with van der Waals surface area (Å²) in [4.78, 5) is 58.6. The first kappa shape index (κ1) is 25.8. The number of phosphoric acid groups is 3. The van der Waals surface area contributed by atoms with Gasteiger partial charge >= 0.3 is 23.5 Å². The van der Waals surface area contributed by atoms with Crippen LogP contribution in [0.15, 0.2) is 12.7 Å². The third-order valence-corrected chi connectivity index (χ3v) is 7.91. The fourth-order valence-electron chi connectivity index (χ4n) is 2.91. The summed E-state index contributed by atoms with van der Waals surface area (Å²) in [5, 5.41) is 12.8. The van der Waals surface area contributed by atoms with Crippen molar-refractivity contribution >= 4 is 46.9 Å². The number of carbonyl (C=O) groups is 1. The number of hydrogen-bond acceptors (Lipinski definition) is 13. The van der Waals surface area contributed by atoms with Crippen molar-refractivity contribution in [1.82, 2.24) is 24.8 Å². The average Bonchev–Trinajstić information content (AvgIpc) is 3.20. The van der Waals surface area contributed by atoms with Crippen LogP contribution in [0.5, 0.6) is 0 Å². The normalized spacial score (nSPS) is 27.2. The largest absolute Gasteiger partial charge is 0.490 e. The van der Waals surface area contributed by atoms with Crippen LogP contribution >= 0.6 is 23.5 Å². The molecule has 0 radical (unpaired) electrons. The number of nitrogens with two attached hydrogens (primary N) is 1. The number of ether oxygens (including phenoxy) is 1. The number of aliphatic hydroxyl groups excluding tert-OH is 1. The number of aromatic nitrogens is 4. The maximum Gasteiger partial charge on any atom is 0.490 e. The van der Waals surface area contributed by atoms with Crippen LogP contribution in [0.2, 0.25) is 0 Å². The van der Waals surface area contributed by atoms with Crippen molar-refractivity contribution in [2.75, 3.05) is 12.3 Å². The van der Waals surface area contributed by atoms with Crippen LogP contribution in [-0.2, 0) is 36.4 Å². The molecule has 2 aromatic rings. The van der Waals surface area contributed by atoms with Gasteiger partial charge in [0, 0.05) is 0 Å². The lowest BCUT2D eigenvalue weighted by molar-refractivity contribution is -0.111. The van der Waals surface area contributed by atoms with E-state index in [9.17, 15) is 33.4 Å². The van der Waals surface area contributed by atoms with Crippen molar-refractivity contribution in [1.29, 1.82) is 0 Å². The molecule has 1 fully saturated rings. The number of phosphoric ester groups is 1. The Labute approximate surface area is 183 Å². The first-order chi connectivity index (χ1) is 15.2. The van der Waals surface area contributed by atoms with Gasteiger partial charge < -0.3 is 40.5 Å². The van der Waals surface area contributed by atoms with Crippen LogP contribution in [0, 0.1) is 0 Å². The Morgan fingerprint density at radius 3 is 2.48 bits per heavy atom. The van der Waals surface area contributed by atoms with Gasteiger partial charge in [0.25, 0.3) is 0 Å². The van der Waals surface area contributed by atoms with Crippen LogP contribution in [0.4, 0.5) is 5.82 Å². The molecule has 3 heterocycles. The highest BCUT2D eigenvalue weighted by Gasteiger charge is 2.47. The van der Waals surface area contributed by atoms with Crippen molar-refractivity contribution in [3.05, 3.63) is 12.7 Å². The zero-order valence-corrected chi connectivity index (χ0v) is 18.6. The van der Waals surface area contributed by atoms with Crippen molar-refractivity contribution in [3.63, 3.8) is 0 Å². The minimum Gasteiger partial charge on any atom is -0.388 e. The van der Waals surface area contributed by atoms with Gasteiger partial charge in [0.15, 0.2) is 17.7 Å². The van der Waals surface area contributed by atoms with Gasteiger partial charge in [0.05, 0.1) is 12.9 Å². The molecule has 0 spiro atoms. The van der Waals surface area contributed by atoms with Gasteiger partial charge in [-0.05, 0) is 0 Å². The molecule has 0 saturated carbocycles. The van der Waals surface area contributed by atoms with Crippen molar-refractivity contribution in [2.24, 2.45) is 0 Å². The van der Waals surface area contributed by atoms with E-state index in [1.165, 1.54) is 10.9 Å². The Hall–Kier alpha value is -1.85. The minimum absolute atomic E-state index is 0.0430. The van der Waals surface area contributed by atoms with E-state index in [1.54, 1.807) is 0 Å². The molecule has 0 aliphatic carbocycles. The van der Waals surface area contributed by atoms with Gasteiger partial charge in [-0.25, -0.2) is 28.6 Å². The second kappa shape index (κ2) is 9.42. The fraction of sp³-hybridized carbons (Fsp3) is 0.455. The molecule has 1 aliphatic rings. The molecule has 2 unspecified atom stereocenters. The van der Waals surface area contributed by atoms with E-state index in [-0.39, 0.29) is 23.4 Å². The van der Waals surface area contributed by atoms with Crippen LogP contribution in [0.1, 0.15) is 6.23 Å². The summed E-state index contributed by atoms with van der Waals surface area (Å²) in [6.07, 6.45) is -1.51. The molecule has 0 bridgehead atoms. The van der Waals surface area contributed by atoms with Crippen molar-refractivity contribution in [3.8, 4) is 0 Å². The summed E-state index contributed by atoms with van der Waals surface area (Å²) in [5.74, 6) is 0.0430. The van der Waals surface area contributed by atoms with Crippen LogP contribution in [0.25, 0.3) is 11.2 Å². The van der Waals surface area contributed by atoms with Crippen molar-refractivity contribution < 1.29 is 61.1 Å². The number of nitrogens with one attached hydrogen (secondary N) is 1. The number of anilines is 1. The number of nitrogens with zero attached hydrogens (tertiary/aromatic N) is 4. The average molecular weight is 534 g/mol. The van der Waals surface area contributed by atoms with Gasteiger partial charge in [0.2, 0.25) is 6.41 Å². The second-order valence-corrected chi connectivity index (χ2v) is 10.8. The third-order valence-electron chi connectivity index (χ3n) is 4.11.